The first-order valence-corrected chi connectivity index (χ1v) is 11.7. The first-order valence-electron chi connectivity index (χ1n) is 11.7. The molecule has 0 saturated heterocycles. The van der Waals surface area contributed by atoms with Crippen molar-refractivity contribution >= 4 is 17.8 Å². The van der Waals surface area contributed by atoms with Gasteiger partial charge in [-0.2, -0.15) is 18.3 Å². The molecular formula is C24H27F3N4O5. The molecular weight excluding hydrogens is 481 g/mol. The second-order valence-corrected chi connectivity index (χ2v) is 8.78. The van der Waals surface area contributed by atoms with Crippen LogP contribution >= 0.6 is 0 Å². The number of benzene rings is 1. The summed E-state index contributed by atoms with van der Waals surface area (Å²) in [5.74, 6) is -0.865. The first kappa shape index (κ1) is 25.5. The van der Waals surface area contributed by atoms with Gasteiger partial charge in [0.2, 0.25) is 5.91 Å². The summed E-state index contributed by atoms with van der Waals surface area (Å²) in [4.78, 5) is 39.1. The summed E-state index contributed by atoms with van der Waals surface area (Å²) in [5.41, 5.74) is -2.01. The summed E-state index contributed by atoms with van der Waals surface area (Å²) < 4.78 is 52.2. The fourth-order valence-electron chi connectivity index (χ4n) is 4.29. The van der Waals surface area contributed by atoms with E-state index < -0.39 is 29.3 Å². The van der Waals surface area contributed by atoms with Crippen LogP contribution in [-0.2, 0) is 26.9 Å². The van der Waals surface area contributed by atoms with Crippen LogP contribution in [0.2, 0.25) is 0 Å². The monoisotopic (exact) mass is 508 g/mol. The predicted molar refractivity (Wildman–Crippen MR) is 121 cm³/mol. The van der Waals surface area contributed by atoms with E-state index in [9.17, 15) is 27.6 Å². The van der Waals surface area contributed by atoms with Gasteiger partial charge >= 0.3 is 12.1 Å². The van der Waals surface area contributed by atoms with Crippen molar-refractivity contribution in [1.82, 2.24) is 20.0 Å². The zero-order valence-electron chi connectivity index (χ0n) is 20.0. The third kappa shape index (κ3) is 5.02. The minimum absolute atomic E-state index is 0.00969. The summed E-state index contributed by atoms with van der Waals surface area (Å²) in [6.45, 7) is 2.17. The number of nitrogens with one attached hydrogen (secondary N) is 1. The molecule has 1 N–H and O–H groups in total. The quantitative estimate of drug-likeness (QED) is 0.523. The van der Waals surface area contributed by atoms with Gasteiger partial charge in [-0.3, -0.25) is 9.59 Å². The molecule has 1 aliphatic heterocycles. The highest BCUT2D eigenvalue weighted by molar-refractivity contribution is 5.96. The lowest BCUT2D eigenvalue weighted by Crippen LogP contribution is -2.44. The normalized spacial score (nSPS) is 16.4. The van der Waals surface area contributed by atoms with E-state index in [0.29, 0.717) is 24.3 Å². The largest absolute Gasteiger partial charge is 0.497 e. The molecule has 9 nitrogen and oxygen atoms in total. The van der Waals surface area contributed by atoms with E-state index in [0.717, 1.165) is 4.68 Å². The molecule has 1 fully saturated rings. The highest BCUT2D eigenvalue weighted by Gasteiger charge is 2.52. The molecule has 1 aliphatic carbocycles. The van der Waals surface area contributed by atoms with Crippen LogP contribution in [0, 0.1) is 0 Å². The van der Waals surface area contributed by atoms with E-state index in [1.165, 1.54) is 24.1 Å². The molecule has 0 atom stereocenters. The third-order valence-electron chi connectivity index (χ3n) is 6.32. The highest BCUT2D eigenvalue weighted by Crippen LogP contribution is 2.37. The third-order valence-corrected chi connectivity index (χ3v) is 6.32. The number of ether oxygens (including phenoxy) is 2. The number of carbonyl (C=O) groups is 3. The summed E-state index contributed by atoms with van der Waals surface area (Å²) in [6.07, 6.45) is -3.34. The Kier molecular flexibility index (Phi) is 6.96. The average Bonchev–Trinajstić information content (AvgIpc) is 3.50. The smallest absolute Gasteiger partial charge is 0.435 e. The number of halogens is 3. The van der Waals surface area contributed by atoms with Crippen molar-refractivity contribution in [2.24, 2.45) is 0 Å². The predicted octanol–water partition coefficient (Wildman–Crippen LogP) is 2.89. The fourth-order valence-corrected chi connectivity index (χ4v) is 4.29. The zero-order valence-corrected chi connectivity index (χ0v) is 20.0. The van der Waals surface area contributed by atoms with Crippen molar-refractivity contribution in [3.05, 3.63) is 41.2 Å². The van der Waals surface area contributed by atoms with Crippen LogP contribution < -0.4 is 10.1 Å². The lowest BCUT2D eigenvalue weighted by atomic mass is 10.0. The van der Waals surface area contributed by atoms with E-state index in [1.807, 2.05) is 0 Å². The Morgan fingerprint density at radius 1 is 1.19 bits per heavy atom. The maximum Gasteiger partial charge on any atom is 0.435 e. The van der Waals surface area contributed by atoms with Gasteiger partial charge in [0.15, 0.2) is 5.69 Å². The van der Waals surface area contributed by atoms with E-state index in [4.69, 9.17) is 9.47 Å². The Morgan fingerprint density at radius 2 is 1.89 bits per heavy atom. The molecule has 0 radical (unpaired) electrons. The van der Waals surface area contributed by atoms with E-state index in [2.05, 4.69) is 10.4 Å². The number of alkyl halides is 3. The number of rotatable bonds is 9. The van der Waals surface area contributed by atoms with Crippen molar-refractivity contribution < 1.29 is 37.0 Å². The number of nitrogens with zero attached hydrogens (tertiary/aromatic N) is 3. The van der Waals surface area contributed by atoms with Crippen LogP contribution in [0.15, 0.2) is 24.3 Å². The number of fused-ring (bicyclic) bond motifs is 1. The molecule has 36 heavy (non-hydrogen) atoms. The Morgan fingerprint density at radius 3 is 2.47 bits per heavy atom. The van der Waals surface area contributed by atoms with Crippen LogP contribution in [0.5, 0.6) is 5.75 Å². The number of hydrogen-bond donors (Lipinski definition) is 1. The highest BCUT2D eigenvalue weighted by atomic mass is 19.4. The molecule has 1 aromatic heterocycles. The van der Waals surface area contributed by atoms with Crippen LogP contribution in [0.4, 0.5) is 13.2 Å². The van der Waals surface area contributed by atoms with Crippen LogP contribution in [0.3, 0.4) is 0 Å². The molecule has 0 bridgehead atoms. The van der Waals surface area contributed by atoms with Gasteiger partial charge in [0.05, 0.1) is 19.4 Å². The van der Waals surface area contributed by atoms with Crippen molar-refractivity contribution in [3.8, 4) is 11.4 Å². The number of methoxy groups -OCH3 is 1. The number of hydrogen-bond acceptors (Lipinski definition) is 6. The number of aromatic nitrogens is 2. The van der Waals surface area contributed by atoms with Gasteiger partial charge in [0, 0.05) is 25.1 Å². The van der Waals surface area contributed by atoms with Gasteiger partial charge in [0.25, 0.3) is 5.91 Å². The lowest BCUT2D eigenvalue weighted by molar-refractivity contribution is -0.148. The second-order valence-electron chi connectivity index (χ2n) is 8.78. The minimum atomic E-state index is -4.71. The zero-order chi connectivity index (χ0) is 26.1. The van der Waals surface area contributed by atoms with Gasteiger partial charge in [-0.05, 0) is 56.9 Å². The van der Waals surface area contributed by atoms with Gasteiger partial charge in [-0.15, -0.1) is 0 Å². The molecule has 194 valence electrons. The van der Waals surface area contributed by atoms with Crippen molar-refractivity contribution in [3.63, 3.8) is 0 Å². The molecule has 12 heteroatoms. The van der Waals surface area contributed by atoms with Gasteiger partial charge in [-0.25, -0.2) is 9.48 Å². The van der Waals surface area contributed by atoms with Crippen LogP contribution in [0.25, 0.3) is 5.69 Å². The maximum atomic E-state index is 13.7. The fraction of sp³-hybridized carbons (Fsp3) is 0.500. The van der Waals surface area contributed by atoms with E-state index in [1.54, 1.807) is 19.1 Å². The molecule has 2 heterocycles. The molecule has 2 aliphatic rings. The van der Waals surface area contributed by atoms with Crippen molar-refractivity contribution in [2.75, 3.05) is 26.8 Å². The molecule has 4 rings (SSSR count). The van der Waals surface area contributed by atoms with Gasteiger partial charge in [0.1, 0.15) is 17.0 Å². The Hall–Kier alpha value is -3.57. The van der Waals surface area contributed by atoms with E-state index >= 15 is 0 Å². The average molecular weight is 508 g/mol. The summed E-state index contributed by atoms with van der Waals surface area (Å²) in [6, 6.07) is 6.20. The Labute approximate surface area is 205 Å². The lowest BCUT2D eigenvalue weighted by Gasteiger charge is -2.28. The summed E-state index contributed by atoms with van der Waals surface area (Å²) >= 11 is 0. The van der Waals surface area contributed by atoms with Crippen molar-refractivity contribution in [1.29, 1.82) is 0 Å². The summed E-state index contributed by atoms with van der Waals surface area (Å²) in [7, 11) is 1.47. The van der Waals surface area contributed by atoms with Crippen molar-refractivity contribution in [2.45, 2.75) is 50.7 Å². The minimum Gasteiger partial charge on any atom is -0.497 e. The Balaban J connectivity index is 1.46. The molecule has 1 saturated carbocycles. The van der Waals surface area contributed by atoms with Crippen LogP contribution in [0.1, 0.15) is 54.4 Å². The number of esters is 1. The van der Waals surface area contributed by atoms with E-state index in [-0.39, 0.29) is 56.1 Å². The maximum absolute atomic E-state index is 13.7. The first-order chi connectivity index (χ1) is 17.1. The molecule has 0 unspecified atom stereocenters. The SMILES string of the molecule is CCOC(=O)C1(NC(=O)CCCN2CCc3c(C(F)(F)F)nn(-c4ccc(OC)cc4)c3C2=O)CC1. The topological polar surface area (TPSA) is 103 Å². The van der Waals surface area contributed by atoms with Crippen LogP contribution in [-0.4, -0.2) is 64.8 Å². The number of carbonyl (C=O) groups excluding carboxylic acids is 3. The molecule has 2 amide bonds. The summed E-state index contributed by atoms with van der Waals surface area (Å²) in [5, 5.41) is 6.47. The molecule has 2 aromatic rings. The van der Waals surface area contributed by atoms with Gasteiger partial charge in [-0.1, -0.05) is 0 Å². The molecule has 1 aromatic carbocycles. The van der Waals surface area contributed by atoms with Gasteiger partial charge < -0.3 is 19.7 Å². The molecule has 0 spiro atoms. The second kappa shape index (κ2) is 9.82. The Bertz CT molecular complexity index is 1160. The standard InChI is InChI=1S/C24H27F3N4O5/c1-3-36-22(34)23(11-12-23)28-18(32)5-4-13-30-14-10-17-19(21(30)33)31(29-20(17)24(25,26)27)15-6-8-16(35-2)9-7-15/h6-9H,3-5,10-14H2,1-2H3,(H,28,32). The number of amides is 2.